The van der Waals surface area contributed by atoms with Gasteiger partial charge in [0.25, 0.3) is 5.89 Å². The Morgan fingerprint density at radius 3 is 2.42 bits per heavy atom. The third-order valence-corrected chi connectivity index (χ3v) is 4.87. The molecule has 0 atom stereocenters. The van der Waals surface area contributed by atoms with E-state index < -0.39 is 17.5 Å². The third kappa shape index (κ3) is 5.35. The first-order chi connectivity index (χ1) is 14.8. The average molecular weight is 433 g/mol. The second kappa shape index (κ2) is 9.82. The summed E-state index contributed by atoms with van der Waals surface area (Å²) >= 11 is 0. The van der Waals surface area contributed by atoms with Crippen molar-refractivity contribution in [1.82, 2.24) is 15.1 Å². The summed E-state index contributed by atoms with van der Waals surface area (Å²) in [5.41, 5.74) is 0.678. The molecule has 0 saturated heterocycles. The van der Waals surface area contributed by atoms with Gasteiger partial charge in [0, 0.05) is 13.6 Å². The Morgan fingerprint density at radius 2 is 1.74 bits per heavy atom. The molecule has 0 aliphatic rings. The van der Waals surface area contributed by atoms with Gasteiger partial charge in [-0.2, -0.15) is 0 Å². The summed E-state index contributed by atoms with van der Waals surface area (Å²) in [7, 11) is 5.78. The van der Waals surface area contributed by atoms with Gasteiger partial charge < -0.3 is 19.5 Å². The van der Waals surface area contributed by atoms with Gasteiger partial charge >= 0.3 is 6.01 Å². The highest BCUT2D eigenvalue weighted by atomic mass is 19.2. The number of aromatic nitrogens is 2. The molecule has 0 amide bonds. The van der Waals surface area contributed by atoms with E-state index >= 15 is 0 Å². The molecule has 31 heavy (non-hydrogen) atoms. The molecule has 0 bridgehead atoms. The van der Waals surface area contributed by atoms with Crippen molar-refractivity contribution in [2.45, 2.75) is 19.8 Å². The second-order valence-electron chi connectivity index (χ2n) is 7.54. The Morgan fingerprint density at radius 1 is 0.968 bits per heavy atom. The van der Waals surface area contributed by atoms with E-state index in [0.29, 0.717) is 13.0 Å². The Bertz CT molecular complexity index is 1040. The predicted octanol–water partition coefficient (Wildman–Crippen LogP) is 4.85. The summed E-state index contributed by atoms with van der Waals surface area (Å²) in [5.74, 6) is -2.80. The van der Waals surface area contributed by atoms with Crippen molar-refractivity contribution in [3.05, 3.63) is 53.3 Å². The molecular weight excluding hydrogens is 407 g/mol. The van der Waals surface area contributed by atoms with Crippen molar-refractivity contribution in [1.29, 1.82) is 0 Å². The van der Waals surface area contributed by atoms with Crippen LogP contribution >= 0.6 is 0 Å². The van der Waals surface area contributed by atoms with Crippen LogP contribution < -0.4 is 10.2 Å². The van der Waals surface area contributed by atoms with Crippen LogP contribution in [-0.4, -0.2) is 49.3 Å². The maximum absolute atomic E-state index is 14.7. The van der Waals surface area contributed by atoms with Crippen LogP contribution in [0, 0.1) is 17.5 Å². The Kier molecular flexibility index (Phi) is 7.17. The SMILES string of the molecule is CCc1ccc(Nc2c(-c3nnc(N(C)CCCN(C)C)o3)ccc(F)c2F)c(F)c1. The highest BCUT2D eigenvalue weighted by Crippen LogP contribution is 2.35. The minimum absolute atomic E-state index is 0.00134. The number of rotatable bonds is 9. The predicted molar refractivity (Wildman–Crippen MR) is 115 cm³/mol. The highest BCUT2D eigenvalue weighted by molar-refractivity contribution is 5.78. The van der Waals surface area contributed by atoms with Gasteiger partial charge in [-0.15, -0.1) is 5.10 Å². The van der Waals surface area contributed by atoms with Crippen molar-refractivity contribution in [2.24, 2.45) is 0 Å². The Hall–Kier alpha value is -3.07. The van der Waals surface area contributed by atoms with Crippen LogP contribution in [0.5, 0.6) is 0 Å². The smallest absolute Gasteiger partial charge is 0.318 e. The van der Waals surface area contributed by atoms with Crippen molar-refractivity contribution in [2.75, 3.05) is 44.4 Å². The molecule has 0 aliphatic carbocycles. The van der Waals surface area contributed by atoms with Gasteiger partial charge in [0.1, 0.15) is 5.82 Å². The summed E-state index contributed by atoms with van der Waals surface area (Å²) in [4.78, 5) is 3.86. The third-order valence-electron chi connectivity index (χ3n) is 4.87. The first-order valence-corrected chi connectivity index (χ1v) is 10.0. The number of nitrogens with one attached hydrogen (secondary N) is 1. The average Bonchev–Trinajstić information content (AvgIpc) is 3.22. The van der Waals surface area contributed by atoms with E-state index in [0.717, 1.165) is 24.6 Å². The Labute approximate surface area is 179 Å². The van der Waals surface area contributed by atoms with Crippen LogP contribution in [0.2, 0.25) is 0 Å². The summed E-state index contributed by atoms with van der Waals surface area (Å²) in [6.45, 7) is 3.47. The van der Waals surface area contributed by atoms with Gasteiger partial charge in [-0.3, -0.25) is 0 Å². The van der Waals surface area contributed by atoms with Crippen molar-refractivity contribution >= 4 is 17.4 Å². The van der Waals surface area contributed by atoms with Crippen molar-refractivity contribution in [3.8, 4) is 11.5 Å². The molecule has 0 radical (unpaired) electrons. The van der Waals surface area contributed by atoms with E-state index in [1.54, 1.807) is 11.0 Å². The van der Waals surface area contributed by atoms with Crippen LogP contribution in [-0.2, 0) is 6.42 Å². The summed E-state index contributed by atoms with van der Waals surface area (Å²) in [6.07, 6.45) is 1.54. The minimum Gasteiger partial charge on any atom is -0.403 e. The zero-order chi connectivity index (χ0) is 22.5. The van der Waals surface area contributed by atoms with Gasteiger partial charge in [0.2, 0.25) is 0 Å². The number of halogens is 3. The van der Waals surface area contributed by atoms with E-state index in [9.17, 15) is 13.2 Å². The van der Waals surface area contributed by atoms with Gasteiger partial charge in [-0.25, -0.2) is 13.2 Å². The molecule has 0 unspecified atom stereocenters. The fourth-order valence-electron chi connectivity index (χ4n) is 3.06. The van der Waals surface area contributed by atoms with Crippen LogP contribution in [0.25, 0.3) is 11.5 Å². The van der Waals surface area contributed by atoms with Gasteiger partial charge in [0.05, 0.1) is 16.9 Å². The fourth-order valence-corrected chi connectivity index (χ4v) is 3.06. The monoisotopic (exact) mass is 433 g/mol. The Balaban J connectivity index is 1.89. The molecule has 0 aliphatic heterocycles. The van der Waals surface area contributed by atoms with Crippen molar-refractivity contribution in [3.63, 3.8) is 0 Å². The molecule has 6 nitrogen and oxygen atoms in total. The number of aryl methyl sites for hydroxylation is 1. The van der Waals surface area contributed by atoms with Gasteiger partial charge in [-0.05, 0) is 63.3 Å². The van der Waals surface area contributed by atoms with Gasteiger partial charge in [-0.1, -0.05) is 18.1 Å². The number of hydrogen-bond acceptors (Lipinski definition) is 6. The minimum atomic E-state index is -1.16. The number of benzene rings is 2. The maximum atomic E-state index is 14.7. The van der Waals surface area contributed by atoms with Crippen LogP contribution in [0.3, 0.4) is 0 Å². The molecular formula is C22H26F3N5O. The van der Waals surface area contributed by atoms with Gasteiger partial charge in [0.15, 0.2) is 11.6 Å². The van der Waals surface area contributed by atoms with Crippen molar-refractivity contribution < 1.29 is 17.6 Å². The fraction of sp³-hybridized carbons (Fsp3) is 0.364. The molecule has 0 fully saturated rings. The summed E-state index contributed by atoms with van der Waals surface area (Å²) in [6, 6.07) is 7.10. The van der Waals surface area contributed by atoms with E-state index in [-0.39, 0.29) is 28.8 Å². The molecule has 2 aromatic carbocycles. The molecule has 9 heteroatoms. The molecule has 3 aromatic rings. The number of anilines is 3. The lowest BCUT2D eigenvalue weighted by Gasteiger charge is -2.16. The molecule has 1 heterocycles. The second-order valence-corrected chi connectivity index (χ2v) is 7.54. The quantitative estimate of drug-likeness (QED) is 0.521. The van der Waals surface area contributed by atoms with E-state index in [2.05, 4.69) is 20.4 Å². The first-order valence-electron chi connectivity index (χ1n) is 10.0. The molecule has 1 aromatic heterocycles. The standard InChI is InChI=1S/C22H26F3N5O/c1-5-14-7-10-18(17(24)13-14)26-20-15(8-9-16(23)19(20)25)21-27-28-22(31-21)30(4)12-6-11-29(2)3/h7-10,13,26H,5-6,11-12H2,1-4H3. The molecule has 0 saturated carbocycles. The normalized spacial score (nSPS) is 11.2. The lowest BCUT2D eigenvalue weighted by molar-refractivity contribution is 0.399. The zero-order valence-electron chi connectivity index (χ0n) is 18.0. The molecule has 3 rings (SSSR count). The van der Waals surface area contributed by atoms with E-state index in [1.807, 2.05) is 28.1 Å². The largest absolute Gasteiger partial charge is 0.403 e. The topological polar surface area (TPSA) is 57.4 Å². The lowest BCUT2D eigenvalue weighted by atomic mass is 10.1. The number of nitrogens with zero attached hydrogens (tertiary/aromatic N) is 4. The molecule has 0 spiro atoms. The van der Waals surface area contributed by atoms with E-state index in [1.165, 1.54) is 18.2 Å². The first kappa shape index (κ1) is 22.6. The van der Waals surface area contributed by atoms with E-state index in [4.69, 9.17) is 4.42 Å². The highest BCUT2D eigenvalue weighted by Gasteiger charge is 2.21. The molecule has 166 valence electrons. The number of hydrogen-bond donors (Lipinski definition) is 1. The maximum Gasteiger partial charge on any atom is 0.318 e. The lowest BCUT2D eigenvalue weighted by Crippen LogP contribution is -2.23. The van der Waals surface area contributed by atoms with Crippen LogP contribution in [0.15, 0.2) is 34.7 Å². The zero-order valence-corrected chi connectivity index (χ0v) is 18.0. The molecule has 1 N–H and O–H groups in total. The van der Waals surface area contributed by atoms with Crippen LogP contribution in [0.4, 0.5) is 30.6 Å². The van der Waals surface area contributed by atoms with Crippen LogP contribution in [0.1, 0.15) is 18.9 Å². The summed E-state index contributed by atoms with van der Waals surface area (Å²) < 4.78 is 48.7. The summed E-state index contributed by atoms with van der Waals surface area (Å²) in [5, 5.41) is 10.6.